The number of nitrogens with one attached hydrogen (secondary N) is 2. The maximum Gasteiger partial charge on any atom is 0.397 e. The van der Waals surface area contributed by atoms with Crippen LogP contribution >= 0.6 is 12.0 Å². The molecule has 0 aliphatic heterocycles. The van der Waals surface area contributed by atoms with Crippen molar-refractivity contribution in [3.05, 3.63) is 84.9 Å². The minimum atomic E-state index is -5.25. The van der Waals surface area contributed by atoms with Gasteiger partial charge in [0.05, 0.1) is 68.2 Å². The van der Waals surface area contributed by atoms with Gasteiger partial charge in [0.25, 0.3) is 20.2 Å². The number of azo groups is 2. The van der Waals surface area contributed by atoms with E-state index in [1.807, 2.05) is 0 Å². The molecule has 40 heteroatoms. The lowest BCUT2D eigenvalue weighted by Gasteiger charge is -2.14. The highest BCUT2D eigenvalue weighted by Crippen LogP contribution is 2.50. The molecule has 32 nitrogen and oxygen atoms in total. The summed E-state index contributed by atoms with van der Waals surface area (Å²) in [6.07, 6.45) is -1.38. The third-order valence-electron chi connectivity index (χ3n) is 9.20. The Labute approximate surface area is 425 Å². The molecule has 0 amide bonds. The van der Waals surface area contributed by atoms with Crippen LogP contribution in [0.2, 0.25) is 0 Å². The Morgan fingerprint density at radius 3 is 1.64 bits per heavy atom. The van der Waals surface area contributed by atoms with E-state index in [1.54, 1.807) is 0 Å². The van der Waals surface area contributed by atoms with Crippen molar-refractivity contribution in [2.45, 2.75) is 24.5 Å². The molecule has 402 valence electrons. The van der Waals surface area contributed by atoms with Crippen molar-refractivity contribution in [2.24, 2.45) is 20.5 Å². The molecule has 5 aromatic carbocycles. The van der Waals surface area contributed by atoms with Gasteiger partial charge in [0.1, 0.15) is 26.9 Å². The van der Waals surface area contributed by atoms with E-state index in [4.69, 9.17) is 20.1 Å². The number of hydrogen-bond donors (Lipinski definition) is 9. The third kappa shape index (κ3) is 15.5. The fourth-order valence-corrected chi connectivity index (χ4v) is 10.8. The van der Waals surface area contributed by atoms with Crippen molar-refractivity contribution in [1.82, 2.24) is 15.0 Å². The molecular weight excluding hydrogens is 1160 g/mol. The number of nitrogens with two attached hydrogens (primary N) is 1. The Kier molecular flexibility index (Phi) is 17.5. The number of aromatic nitrogens is 3. The summed E-state index contributed by atoms with van der Waals surface area (Å²) in [5, 5.41) is 43.9. The molecule has 6 rings (SSSR count). The second-order valence-corrected chi connectivity index (χ2v) is 24.1. The molecule has 0 aliphatic carbocycles. The van der Waals surface area contributed by atoms with Crippen molar-refractivity contribution in [2.75, 3.05) is 41.1 Å². The van der Waals surface area contributed by atoms with Crippen molar-refractivity contribution in [3.63, 3.8) is 0 Å². The van der Waals surface area contributed by atoms with Gasteiger partial charge in [-0.2, -0.15) is 58.1 Å². The van der Waals surface area contributed by atoms with Gasteiger partial charge in [-0.15, -0.1) is 19.7 Å². The summed E-state index contributed by atoms with van der Waals surface area (Å²) < 4.78 is 208. The molecule has 6 aromatic rings. The Bertz CT molecular complexity index is 3960. The maximum absolute atomic E-state index is 14.7. The first-order chi connectivity index (χ1) is 34.8. The number of rotatable bonds is 23. The van der Waals surface area contributed by atoms with Crippen LogP contribution in [0.25, 0.3) is 10.8 Å². The zero-order chi connectivity index (χ0) is 55.3. The van der Waals surface area contributed by atoms with Crippen LogP contribution in [0, 0.1) is 6.08 Å². The van der Waals surface area contributed by atoms with Gasteiger partial charge in [0, 0.05) is 11.4 Å². The number of benzene rings is 5. The number of hydrogen-bond acceptors (Lipinski definition) is 29. The van der Waals surface area contributed by atoms with Gasteiger partial charge < -0.3 is 21.5 Å². The Morgan fingerprint density at radius 2 is 1.12 bits per heavy atom. The first kappa shape index (κ1) is 57.7. The third-order valence-corrected chi connectivity index (χ3v) is 15.9. The van der Waals surface area contributed by atoms with Crippen LogP contribution in [0.3, 0.4) is 0 Å². The molecule has 0 atom stereocenters. The zero-order valence-corrected chi connectivity index (χ0v) is 42.2. The molecule has 0 aliphatic rings. The van der Waals surface area contributed by atoms with Gasteiger partial charge in [-0.3, -0.25) is 18.2 Å². The number of nitrogen functional groups attached to an aromatic ring is 1. The van der Waals surface area contributed by atoms with Crippen molar-refractivity contribution >= 4 is 135 Å². The Balaban J connectivity index is 1.33. The van der Waals surface area contributed by atoms with Gasteiger partial charge in [0.2, 0.25) is 11.9 Å². The highest BCUT2D eigenvalue weighted by Gasteiger charge is 2.27. The van der Waals surface area contributed by atoms with Gasteiger partial charge in [0.15, 0.2) is 25.4 Å². The molecule has 0 fully saturated rings. The molecule has 1 aromatic heterocycles. The molecular formula is C35H31FN10O22S7. The summed E-state index contributed by atoms with van der Waals surface area (Å²) in [4.78, 5) is 8.03. The lowest BCUT2D eigenvalue weighted by Crippen LogP contribution is -2.15. The number of phenolic OH excluding ortho intramolecular Hbond substituents is 1. The van der Waals surface area contributed by atoms with E-state index >= 15 is 0 Å². The summed E-state index contributed by atoms with van der Waals surface area (Å²) in [6, 6.07) is 13.2. The van der Waals surface area contributed by atoms with Crippen LogP contribution in [-0.2, 0) is 78.4 Å². The highest BCUT2D eigenvalue weighted by atomic mass is 32.3. The van der Waals surface area contributed by atoms with Gasteiger partial charge in [-0.05, 0) is 84.2 Å². The maximum atomic E-state index is 14.7. The zero-order valence-electron chi connectivity index (χ0n) is 36.5. The van der Waals surface area contributed by atoms with Crippen LogP contribution in [-0.4, -0.2) is 119 Å². The quantitative estimate of drug-likeness (QED) is 0.0103. The Hall–Kier alpha value is -6.61. The van der Waals surface area contributed by atoms with Crippen LogP contribution in [0.15, 0.2) is 124 Å². The summed E-state index contributed by atoms with van der Waals surface area (Å²) in [5.74, 6) is -3.71. The SMILES string of the molecule is Nc1c(/N=N/c2ccc(S(=O)(=O)CCOS(=O)(=O)O)cc2)c(S(=O)(=O)O)cc2cc(SOOO)c(/N=N/c3cc(Nc4nc(F)nc(Nc5ccc(S(=O)(=O)CCOS(=O)(=O)O)cc5)n4)ccc3S(=O)(=O)O)c(O)c12. The van der Waals surface area contributed by atoms with E-state index in [-0.39, 0.29) is 44.3 Å². The first-order valence-corrected chi connectivity index (χ1v) is 29.0. The number of halogens is 1. The van der Waals surface area contributed by atoms with Gasteiger partial charge >= 0.3 is 26.9 Å². The number of fused-ring (bicyclic) bond motifs is 1. The van der Waals surface area contributed by atoms with E-state index in [1.165, 1.54) is 12.1 Å². The summed E-state index contributed by atoms with van der Waals surface area (Å²) >= 11 is 0.104. The summed E-state index contributed by atoms with van der Waals surface area (Å²) in [6.45, 7) is -1.82. The van der Waals surface area contributed by atoms with E-state index < -0.39 is 152 Å². The first-order valence-electron chi connectivity index (χ1n) is 19.4. The molecule has 10 N–H and O–H groups in total. The molecule has 75 heavy (non-hydrogen) atoms. The molecule has 0 saturated carbocycles. The fraction of sp³-hybridized carbons (Fsp3) is 0.114. The Morgan fingerprint density at radius 1 is 0.613 bits per heavy atom. The van der Waals surface area contributed by atoms with Crippen LogP contribution in [0.1, 0.15) is 0 Å². The topological polar surface area (TPSA) is 501 Å². The summed E-state index contributed by atoms with van der Waals surface area (Å²) in [5.41, 5.74) is 3.15. The molecule has 0 unspecified atom stereocenters. The molecule has 0 radical (unpaired) electrons. The van der Waals surface area contributed by atoms with E-state index in [9.17, 15) is 69.1 Å². The van der Waals surface area contributed by atoms with Gasteiger partial charge in [-0.1, -0.05) is 5.04 Å². The molecule has 1 heterocycles. The van der Waals surface area contributed by atoms with Crippen molar-refractivity contribution in [1.29, 1.82) is 0 Å². The second kappa shape index (κ2) is 22.7. The standard InChI is InChI=1S/C35H31FN10O22S7/c36-33-40-34(38-19-1-6-22(7-2-19)70(49,50)13-11-65-74(59,60)61)42-35(41-33)39-21-5-10-26(72(53,54)55)24(17-21)44-45-30-25(69-68-67-48)15-18-16-27(73(56,57)58)31(29(37)28(18)32(30)47)46-43-20-3-8-23(9-4-20)71(51,52)14-12-66-75(62,63)64/h1-10,15-17,47-48H,11-14,37H2,(H,53,54,55)(H,56,57,58)(H,59,60,61)(H,62,63,64)(H2,38,39,40,41,42)/b45-44+,46-43+. The normalized spacial score (nSPS) is 13.0. The fourth-order valence-electron chi connectivity index (χ4n) is 6.05. The lowest BCUT2D eigenvalue weighted by atomic mass is 10.1. The summed E-state index contributed by atoms with van der Waals surface area (Å²) in [7, 11) is -28.5. The predicted octanol–water partition coefficient (Wildman–Crippen LogP) is 4.88. The van der Waals surface area contributed by atoms with E-state index in [0.717, 1.165) is 66.7 Å². The van der Waals surface area contributed by atoms with E-state index in [2.05, 4.69) is 63.8 Å². The largest absolute Gasteiger partial charge is 0.505 e. The molecule has 0 saturated heterocycles. The van der Waals surface area contributed by atoms with Crippen LogP contribution < -0.4 is 16.4 Å². The van der Waals surface area contributed by atoms with Crippen molar-refractivity contribution < 1.29 is 101 Å². The number of sulfone groups is 2. The minimum absolute atomic E-state index is 0.0964. The molecule has 0 bridgehead atoms. The average molecular weight is 1190 g/mol. The number of phenols is 1. The number of aromatic hydroxyl groups is 1. The monoisotopic (exact) mass is 1190 g/mol. The highest BCUT2D eigenvalue weighted by molar-refractivity contribution is 7.94. The van der Waals surface area contributed by atoms with Gasteiger partial charge in [-0.25, -0.2) is 30.5 Å². The van der Waals surface area contributed by atoms with Crippen molar-refractivity contribution in [3.8, 4) is 5.75 Å². The minimum Gasteiger partial charge on any atom is -0.505 e. The second-order valence-electron chi connectivity index (χ2n) is 14.2. The lowest BCUT2D eigenvalue weighted by molar-refractivity contribution is -0.432. The number of nitrogens with zero attached hydrogens (tertiary/aromatic N) is 7. The van der Waals surface area contributed by atoms with Crippen LogP contribution in [0.4, 0.5) is 56.1 Å². The number of anilines is 5. The smallest absolute Gasteiger partial charge is 0.397 e. The average Bonchev–Trinajstić information content (AvgIpc) is 3.28. The predicted molar refractivity (Wildman–Crippen MR) is 253 cm³/mol. The molecule has 0 spiro atoms. The van der Waals surface area contributed by atoms with E-state index in [0.29, 0.717) is 0 Å². The van der Waals surface area contributed by atoms with Crippen LogP contribution in [0.5, 0.6) is 5.75 Å².